The van der Waals surface area contributed by atoms with E-state index in [9.17, 15) is 45.3 Å². The molecule has 0 spiro atoms. The minimum atomic E-state index is -1.76. The molecule has 75 heavy (non-hydrogen) atoms. The van der Waals surface area contributed by atoms with Crippen molar-refractivity contribution in [1.82, 2.24) is 0 Å². The number of rotatable bonds is 51. The molecular formula is C60H114O15. The normalized spacial score (nSPS) is 24.4. The van der Waals surface area contributed by atoms with E-state index in [2.05, 4.69) is 13.8 Å². The molecule has 0 radical (unpaired) electrons. The molecule has 444 valence electrons. The second-order valence-corrected chi connectivity index (χ2v) is 22.3. The second kappa shape index (κ2) is 47.3. The Hall–Kier alpha value is -1.50. The summed E-state index contributed by atoms with van der Waals surface area (Å²) in [5.41, 5.74) is 0. The standard InChI is InChI=1S/C60H114O15/c1-3-5-7-9-11-13-15-17-19-21-23-24-25-27-29-31-33-35-37-39-41-43-52(63)73-48(45-70-51(62)42-40-38-36-34-32-30-28-26-22-20-18-16-14-12-10-8-6-4-2)46-71-59-58(69)56(67)54(65)50(75-59)47-72-60-57(68)55(66)53(64)49(44-61)74-60/h48-50,53-61,64-69H,3-47H2,1-2H3. The lowest BCUT2D eigenvalue weighted by atomic mass is 9.98. The molecule has 2 aliphatic heterocycles. The predicted octanol–water partition coefficient (Wildman–Crippen LogP) is 11.1. The Morgan fingerprint density at radius 1 is 0.373 bits per heavy atom. The lowest BCUT2D eigenvalue weighted by molar-refractivity contribution is -0.332. The fraction of sp³-hybridized carbons (Fsp3) is 0.967. The van der Waals surface area contributed by atoms with Crippen LogP contribution < -0.4 is 0 Å². The number of ether oxygens (including phenoxy) is 6. The first-order chi connectivity index (χ1) is 36.5. The third kappa shape index (κ3) is 34.3. The van der Waals surface area contributed by atoms with Gasteiger partial charge >= 0.3 is 11.9 Å². The highest BCUT2D eigenvalue weighted by Crippen LogP contribution is 2.27. The molecule has 2 aliphatic rings. The number of aliphatic hydroxyl groups excluding tert-OH is 7. The Labute approximate surface area is 455 Å². The predicted molar refractivity (Wildman–Crippen MR) is 294 cm³/mol. The van der Waals surface area contributed by atoms with Crippen LogP contribution in [0.3, 0.4) is 0 Å². The van der Waals surface area contributed by atoms with E-state index < -0.39 is 92.7 Å². The van der Waals surface area contributed by atoms with Gasteiger partial charge in [-0.15, -0.1) is 0 Å². The highest BCUT2D eigenvalue weighted by Gasteiger charge is 2.47. The van der Waals surface area contributed by atoms with E-state index in [-0.39, 0.29) is 26.1 Å². The third-order valence-corrected chi connectivity index (χ3v) is 15.3. The Morgan fingerprint density at radius 3 is 1.04 bits per heavy atom. The molecule has 0 aromatic rings. The lowest BCUT2D eigenvalue weighted by Gasteiger charge is -2.42. The highest BCUT2D eigenvalue weighted by atomic mass is 16.7. The van der Waals surface area contributed by atoms with Gasteiger partial charge in [0, 0.05) is 12.8 Å². The summed E-state index contributed by atoms with van der Waals surface area (Å²) in [5.74, 6) is -0.901. The van der Waals surface area contributed by atoms with Crippen LogP contribution in [0.15, 0.2) is 0 Å². The van der Waals surface area contributed by atoms with Gasteiger partial charge in [0.1, 0.15) is 55.4 Å². The zero-order chi connectivity index (χ0) is 54.6. The van der Waals surface area contributed by atoms with Crippen LogP contribution in [0.5, 0.6) is 0 Å². The van der Waals surface area contributed by atoms with Crippen molar-refractivity contribution in [2.45, 2.75) is 345 Å². The van der Waals surface area contributed by atoms with Crippen molar-refractivity contribution >= 4 is 11.9 Å². The molecule has 11 unspecified atom stereocenters. The molecule has 0 aliphatic carbocycles. The largest absolute Gasteiger partial charge is 0.462 e. The SMILES string of the molecule is CCCCCCCCCCCCCCCCCCCCCCCC(=O)OC(COC(=O)CCCCCCCCCCCCCCCCCCCC)COC1OC(COC2OC(CO)C(O)C(O)C2O)C(O)C(O)C1O. The van der Waals surface area contributed by atoms with E-state index in [1.807, 2.05) is 0 Å². The van der Waals surface area contributed by atoms with Crippen LogP contribution in [0.25, 0.3) is 0 Å². The topological polar surface area (TPSA) is 231 Å². The van der Waals surface area contributed by atoms with E-state index in [0.29, 0.717) is 12.8 Å². The van der Waals surface area contributed by atoms with Crippen molar-refractivity contribution < 1.29 is 73.8 Å². The molecule has 0 saturated carbocycles. The maximum atomic E-state index is 13.1. The molecule has 15 heteroatoms. The van der Waals surface area contributed by atoms with Crippen molar-refractivity contribution in [3.05, 3.63) is 0 Å². The Bertz CT molecular complexity index is 1310. The minimum Gasteiger partial charge on any atom is -0.462 e. The zero-order valence-electron chi connectivity index (χ0n) is 47.6. The molecule has 0 bridgehead atoms. The summed E-state index contributed by atoms with van der Waals surface area (Å²) in [6.45, 7) is 2.67. The van der Waals surface area contributed by atoms with E-state index in [1.165, 1.54) is 199 Å². The van der Waals surface area contributed by atoms with E-state index in [1.54, 1.807) is 0 Å². The molecule has 2 saturated heterocycles. The van der Waals surface area contributed by atoms with Crippen LogP contribution in [0.2, 0.25) is 0 Å². The monoisotopic (exact) mass is 1070 g/mol. The van der Waals surface area contributed by atoms with Gasteiger partial charge in [-0.2, -0.15) is 0 Å². The Kier molecular flexibility index (Phi) is 43.9. The number of unbranched alkanes of at least 4 members (excludes halogenated alkanes) is 37. The molecule has 2 rings (SSSR count). The van der Waals surface area contributed by atoms with Crippen LogP contribution in [0.4, 0.5) is 0 Å². The number of esters is 2. The molecule has 0 amide bonds. The van der Waals surface area contributed by atoms with Crippen LogP contribution in [0.1, 0.15) is 277 Å². The molecule has 7 N–H and O–H groups in total. The van der Waals surface area contributed by atoms with Gasteiger partial charge in [-0.25, -0.2) is 0 Å². The summed E-state index contributed by atoms with van der Waals surface area (Å²) < 4.78 is 33.8. The van der Waals surface area contributed by atoms with Crippen molar-refractivity contribution in [3.63, 3.8) is 0 Å². The maximum absolute atomic E-state index is 13.1. The van der Waals surface area contributed by atoms with Gasteiger partial charge in [-0.3, -0.25) is 9.59 Å². The smallest absolute Gasteiger partial charge is 0.306 e. The molecule has 11 atom stereocenters. The van der Waals surface area contributed by atoms with Gasteiger partial charge in [0.25, 0.3) is 0 Å². The molecule has 2 heterocycles. The summed E-state index contributed by atoms with van der Waals surface area (Å²) in [7, 11) is 0. The number of carbonyl (C=O) groups is 2. The van der Waals surface area contributed by atoms with E-state index in [4.69, 9.17) is 28.4 Å². The fourth-order valence-electron chi connectivity index (χ4n) is 10.3. The molecule has 0 aromatic heterocycles. The van der Waals surface area contributed by atoms with Gasteiger partial charge in [-0.1, -0.05) is 251 Å². The van der Waals surface area contributed by atoms with Crippen LogP contribution in [-0.2, 0) is 38.0 Å². The number of carbonyl (C=O) groups excluding carboxylic acids is 2. The maximum Gasteiger partial charge on any atom is 0.306 e. The first kappa shape index (κ1) is 69.6. The molecule has 2 fully saturated rings. The minimum absolute atomic E-state index is 0.174. The van der Waals surface area contributed by atoms with Gasteiger partial charge in [0.15, 0.2) is 18.7 Å². The first-order valence-electron chi connectivity index (χ1n) is 31.1. The van der Waals surface area contributed by atoms with Crippen LogP contribution in [-0.4, -0.2) is 142 Å². The van der Waals surface area contributed by atoms with Crippen molar-refractivity contribution in [2.24, 2.45) is 0 Å². The summed E-state index contributed by atoms with van der Waals surface area (Å²) in [6.07, 6.45) is 32.6. The average molecular weight is 1080 g/mol. The summed E-state index contributed by atoms with van der Waals surface area (Å²) >= 11 is 0. The van der Waals surface area contributed by atoms with Crippen LogP contribution in [0, 0.1) is 0 Å². The molecule has 0 aromatic carbocycles. The Morgan fingerprint density at radius 2 is 0.680 bits per heavy atom. The molecular weight excluding hydrogens is 961 g/mol. The summed E-state index contributed by atoms with van der Waals surface area (Å²) in [4.78, 5) is 25.9. The Balaban J connectivity index is 1.71. The second-order valence-electron chi connectivity index (χ2n) is 22.3. The first-order valence-corrected chi connectivity index (χ1v) is 31.1. The summed E-state index contributed by atoms with van der Waals surface area (Å²) in [6, 6.07) is 0. The van der Waals surface area contributed by atoms with Crippen molar-refractivity contribution in [1.29, 1.82) is 0 Å². The quantitative estimate of drug-likeness (QED) is 0.0222. The van der Waals surface area contributed by atoms with Gasteiger partial charge in [0.2, 0.25) is 0 Å². The van der Waals surface area contributed by atoms with E-state index >= 15 is 0 Å². The lowest BCUT2D eigenvalue weighted by Crippen LogP contribution is -2.61. The molecule has 15 nitrogen and oxygen atoms in total. The fourth-order valence-corrected chi connectivity index (χ4v) is 10.3. The number of hydrogen-bond acceptors (Lipinski definition) is 15. The summed E-state index contributed by atoms with van der Waals surface area (Å²) in [5, 5.41) is 72.4. The third-order valence-electron chi connectivity index (χ3n) is 15.3. The number of hydrogen-bond donors (Lipinski definition) is 7. The number of aliphatic hydroxyl groups is 7. The van der Waals surface area contributed by atoms with E-state index in [0.717, 1.165) is 38.5 Å². The highest BCUT2D eigenvalue weighted by molar-refractivity contribution is 5.70. The zero-order valence-corrected chi connectivity index (χ0v) is 47.6. The average Bonchev–Trinajstić information content (AvgIpc) is 3.40. The van der Waals surface area contributed by atoms with Crippen molar-refractivity contribution in [2.75, 3.05) is 26.4 Å². The van der Waals surface area contributed by atoms with Gasteiger partial charge in [0.05, 0.1) is 19.8 Å². The van der Waals surface area contributed by atoms with Crippen LogP contribution >= 0.6 is 0 Å². The van der Waals surface area contributed by atoms with Gasteiger partial charge < -0.3 is 64.2 Å². The van der Waals surface area contributed by atoms with Gasteiger partial charge in [-0.05, 0) is 12.8 Å². The van der Waals surface area contributed by atoms with Crippen molar-refractivity contribution in [3.8, 4) is 0 Å².